The van der Waals surface area contributed by atoms with Crippen LogP contribution in [0.3, 0.4) is 0 Å². The van der Waals surface area contributed by atoms with E-state index in [0.29, 0.717) is 0 Å². The standard InChI is InChI=1S/C17H24N2O/c1-3-9-19-10-8-15(14-19)13-18-16-6-5-7-17(12-16)20-11-4-2/h5-8,10,12,14,18H,3-4,9,11,13H2,1-2H3. The zero-order chi connectivity index (χ0) is 14.2. The number of hydrogen-bond donors (Lipinski definition) is 1. The zero-order valence-electron chi connectivity index (χ0n) is 12.4. The Bertz CT molecular complexity index is 519. The van der Waals surface area contributed by atoms with Gasteiger partial charge in [-0.05, 0) is 36.6 Å². The highest BCUT2D eigenvalue weighted by Crippen LogP contribution is 2.18. The van der Waals surface area contributed by atoms with Gasteiger partial charge in [0.2, 0.25) is 0 Å². The van der Waals surface area contributed by atoms with Crippen LogP contribution in [0.1, 0.15) is 32.3 Å². The average molecular weight is 272 g/mol. The van der Waals surface area contributed by atoms with E-state index in [9.17, 15) is 0 Å². The Morgan fingerprint density at radius 1 is 1.15 bits per heavy atom. The molecular weight excluding hydrogens is 248 g/mol. The Morgan fingerprint density at radius 3 is 2.85 bits per heavy atom. The Morgan fingerprint density at radius 2 is 2.05 bits per heavy atom. The number of rotatable bonds is 8. The maximum atomic E-state index is 5.64. The van der Waals surface area contributed by atoms with Gasteiger partial charge in [-0.15, -0.1) is 0 Å². The number of nitrogens with one attached hydrogen (secondary N) is 1. The van der Waals surface area contributed by atoms with Gasteiger partial charge in [0.05, 0.1) is 6.61 Å². The van der Waals surface area contributed by atoms with Crippen molar-refractivity contribution in [2.24, 2.45) is 0 Å². The third kappa shape index (κ3) is 4.34. The fourth-order valence-corrected chi connectivity index (χ4v) is 2.11. The topological polar surface area (TPSA) is 26.2 Å². The van der Waals surface area contributed by atoms with Gasteiger partial charge in [0, 0.05) is 37.2 Å². The number of aryl methyl sites for hydroxylation is 1. The van der Waals surface area contributed by atoms with Gasteiger partial charge >= 0.3 is 0 Å². The molecule has 1 N–H and O–H groups in total. The first-order valence-corrected chi connectivity index (χ1v) is 7.43. The lowest BCUT2D eigenvalue weighted by Gasteiger charge is -2.08. The van der Waals surface area contributed by atoms with Gasteiger partial charge in [-0.2, -0.15) is 0 Å². The molecule has 2 rings (SSSR count). The van der Waals surface area contributed by atoms with Crippen LogP contribution in [0, 0.1) is 0 Å². The number of aromatic nitrogens is 1. The van der Waals surface area contributed by atoms with Gasteiger partial charge < -0.3 is 14.6 Å². The SMILES string of the molecule is CCCOc1cccc(NCc2ccn(CCC)c2)c1. The zero-order valence-corrected chi connectivity index (χ0v) is 12.4. The molecule has 20 heavy (non-hydrogen) atoms. The van der Waals surface area contributed by atoms with Crippen molar-refractivity contribution < 1.29 is 4.74 Å². The van der Waals surface area contributed by atoms with E-state index < -0.39 is 0 Å². The summed E-state index contributed by atoms with van der Waals surface area (Å²) in [6.45, 7) is 7.00. The normalized spacial score (nSPS) is 10.5. The van der Waals surface area contributed by atoms with Crippen LogP contribution in [0.15, 0.2) is 42.7 Å². The van der Waals surface area contributed by atoms with Gasteiger partial charge in [-0.25, -0.2) is 0 Å². The number of anilines is 1. The molecule has 0 fully saturated rings. The molecule has 0 atom stereocenters. The maximum absolute atomic E-state index is 5.64. The first-order valence-electron chi connectivity index (χ1n) is 7.43. The second-order valence-corrected chi connectivity index (χ2v) is 4.99. The van der Waals surface area contributed by atoms with Crippen molar-refractivity contribution in [1.82, 2.24) is 4.57 Å². The summed E-state index contributed by atoms with van der Waals surface area (Å²) in [6, 6.07) is 10.3. The molecule has 108 valence electrons. The van der Waals surface area contributed by atoms with Crippen molar-refractivity contribution in [2.75, 3.05) is 11.9 Å². The van der Waals surface area contributed by atoms with Crippen LogP contribution in [0.4, 0.5) is 5.69 Å². The predicted molar refractivity (Wildman–Crippen MR) is 84.3 cm³/mol. The summed E-state index contributed by atoms with van der Waals surface area (Å²) in [5, 5.41) is 3.44. The number of nitrogens with zero attached hydrogens (tertiary/aromatic N) is 1. The van der Waals surface area contributed by atoms with Gasteiger partial charge in [0.15, 0.2) is 0 Å². The highest BCUT2D eigenvalue weighted by Gasteiger charge is 1.99. The van der Waals surface area contributed by atoms with Crippen molar-refractivity contribution in [3.05, 3.63) is 48.3 Å². The third-order valence-corrected chi connectivity index (χ3v) is 3.10. The minimum absolute atomic E-state index is 0.767. The predicted octanol–water partition coefficient (Wildman–Crippen LogP) is 4.30. The molecular formula is C17H24N2O. The molecule has 0 saturated heterocycles. The molecule has 3 heteroatoms. The smallest absolute Gasteiger partial charge is 0.121 e. The van der Waals surface area contributed by atoms with E-state index in [0.717, 1.165) is 37.6 Å². The van der Waals surface area contributed by atoms with Crippen molar-refractivity contribution in [3.63, 3.8) is 0 Å². The fourth-order valence-electron chi connectivity index (χ4n) is 2.11. The van der Waals surface area contributed by atoms with Crippen LogP contribution in [-0.4, -0.2) is 11.2 Å². The van der Waals surface area contributed by atoms with Gasteiger partial charge in [0.25, 0.3) is 0 Å². The van der Waals surface area contributed by atoms with E-state index in [4.69, 9.17) is 4.74 Å². The average Bonchev–Trinajstić information content (AvgIpc) is 2.92. The molecule has 0 radical (unpaired) electrons. The maximum Gasteiger partial charge on any atom is 0.121 e. The lowest BCUT2D eigenvalue weighted by atomic mass is 10.2. The molecule has 0 amide bonds. The monoisotopic (exact) mass is 272 g/mol. The van der Waals surface area contributed by atoms with E-state index in [-0.39, 0.29) is 0 Å². The summed E-state index contributed by atoms with van der Waals surface area (Å²) in [6.07, 6.45) is 6.54. The van der Waals surface area contributed by atoms with E-state index in [1.807, 2.05) is 12.1 Å². The summed E-state index contributed by atoms with van der Waals surface area (Å²) in [5.74, 6) is 0.931. The minimum atomic E-state index is 0.767. The van der Waals surface area contributed by atoms with Crippen LogP contribution in [0.2, 0.25) is 0 Å². The molecule has 1 aromatic heterocycles. The summed E-state index contributed by atoms with van der Waals surface area (Å²) >= 11 is 0. The summed E-state index contributed by atoms with van der Waals surface area (Å²) in [4.78, 5) is 0. The van der Waals surface area contributed by atoms with Crippen LogP contribution in [0.5, 0.6) is 5.75 Å². The molecule has 0 bridgehead atoms. The molecule has 0 aliphatic carbocycles. The van der Waals surface area contributed by atoms with Crippen LogP contribution in [-0.2, 0) is 13.1 Å². The van der Waals surface area contributed by atoms with Crippen molar-refractivity contribution in [1.29, 1.82) is 0 Å². The first kappa shape index (κ1) is 14.5. The van der Waals surface area contributed by atoms with Crippen LogP contribution >= 0.6 is 0 Å². The minimum Gasteiger partial charge on any atom is -0.494 e. The van der Waals surface area contributed by atoms with Gasteiger partial charge in [-0.3, -0.25) is 0 Å². The second kappa shape index (κ2) is 7.63. The first-order chi connectivity index (χ1) is 9.81. The van der Waals surface area contributed by atoms with Crippen molar-refractivity contribution >= 4 is 5.69 Å². The highest BCUT2D eigenvalue weighted by molar-refractivity contribution is 5.48. The number of hydrogen-bond acceptors (Lipinski definition) is 2. The summed E-state index contributed by atoms with van der Waals surface area (Å²) < 4.78 is 7.87. The van der Waals surface area contributed by atoms with Crippen molar-refractivity contribution in [3.8, 4) is 5.75 Å². The molecule has 1 aromatic carbocycles. The quantitative estimate of drug-likeness (QED) is 0.775. The van der Waals surface area contributed by atoms with E-state index in [1.165, 1.54) is 12.0 Å². The number of ether oxygens (including phenoxy) is 1. The lowest BCUT2D eigenvalue weighted by molar-refractivity contribution is 0.317. The molecule has 0 spiro atoms. The molecule has 0 aliphatic heterocycles. The Balaban J connectivity index is 1.89. The summed E-state index contributed by atoms with van der Waals surface area (Å²) in [5.41, 5.74) is 2.40. The van der Waals surface area contributed by atoms with E-state index >= 15 is 0 Å². The summed E-state index contributed by atoms with van der Waals surface area (Å²) in [7, 11) is 0. The van der Waals surface area contributed by atoms with E-state index in [1.54, 1.807) is 0 Å². The van der Waals surface area contributed by atoms with Crippen LogP contribution in [0.25, 0.3) is 0 Å². The largest absolute Gasteiger partial charge is 0.494 e. The molecule has 0 aliphatic rings. The molecule has 3 nitrogen and oxygen atoms in total. The van der Waals surface area contributed by atoms with Crippen molar-refractivity contribution in [2.45, 2.75) is 39.8 Å². The number of benzene rings is 1. The Kier molecular flexibility index (Phi) is 5.54. The highest BCUT2D eigenvalue weighted by atomic mass is 16.5. The lowest BCUT2D eigenvalue weighted by Crippen LogP contribution is -2.00. The van der Waals surface area contributed by atoms with Crippen LogP contribution < -0.4 is 10.1 Å². The molecule has 0 saturated carbocycles. The molecule has 2 aromatic rings. The Hall–Kier alpha value is -1.90. The third-order valence-electron chi connectivity index (χ3n) is 3.10. The molecule has 1 heterocycles. The molecule has 0 unspecified atom stereocenters. The second-order valence-electron chi connectivity index (χ2n) is 4.99. The fraction of sp³-hybridized carbons (Fsp3) is 0.412. The van der Waals surface area contributed by atoms with E-state index in [2.05, 4.69) is 54.3 Å². The van der Waals surface area contributed by atoms with Gasteiger partial charge in [0.1, 0.15) is 5.75 Å². The Labute approximate surface area is 121 Å². The van der Waals surface area contributed by atoms with Gasteiger partial charge in [-0.1, -0.05) is 19.9 Å².